The lowest BCUT2D eigenvalue weighted by molar-refractivity contribution is 0.434. The van der Waals surface area contributed by atoms with Crippen molar-refractivity contribution in [1.29, 1.82) is 0 Å². The predicted molar refractivity (Wildman–Crippen MR) is 85.6 cm³/mol. The first-order valence-corrected chi connectivity index (χ1v) is 7.54. The topological polar surface area (TPSA) is 87.5 Å². The minimum absolute atomic E-state index is 0.276. The highest BCUT2D eigenvalue weighted by Crippen LogP contribution is 2.51. The molecule has 0 radical (unpaired) electrons. The number of aromatic nitrogens is 2. The Kier molecular flexibility index (Phi) is 3.66. The molecule has 23 heavy (non-hydrogen) atoms. The monoisotopic (exact) mass is 314 g/mol. The lowest BCUT2D eigenvalue weighted by atomic mass is 9.99. The van der Waals surface area contributed by atoms with Crippen LogP contribution in [0.4, 0.5) is 0 Å². The van der Waals surface area contributed by atoms with Crippen molar-refractivity contribution in [3.05, 3.63) is 50.4 Å². The maximum absolute atomic E-state index is 12.0. The molecule has 1 aliphatic heterocycles. The number of hydrogen-bond donors (Lipinski definition) is 1. The van der Waals surface area contributed by atoms with Crippen LogP contribution in [0.25, 0.3) is 0 Å². The summed E-state index contributed by atoms with van der Waals surface area (Å²) < 4.78 is 1.26. The Morgan fingerprint density at radius 3 is 2.70 bits per heavy atom. The number of aromatic amines is 1. The van der Waals surface area contributed by atoms with Gasteiger partial charge in [0.05, 0.1) is 0 Å². The third kappa shape index (κ3) is 2.71. The fourth-order valence-corrected chi connectivity index (χ4v) is 3.06. The van der Waals surface area contributed by atoms with Gasteiger partial charge in [-0.05, 0) is 35.8 Å². The van der Waals surface area contributed by atoms with Gasteiger partial charge in [-0.15, -0.1) is 0 Å². The average molecular weight is 314 g/mol. The Balaban J connectivity index is 2.05. The molecule has 1 aliphatic carbocycles. The molecule has 2 aliphatic rings. The van der Waals surface area contributed by atoms with E-state index in [0.717, 1.165) is 12.0 Å². The van der Waals surface area contributed by atoms with E-state index in [-0.39, 0.29) is 5.92 Å². The minimum Gasteiger partial charge on any atom is -0.274 e. The summed E-state index contributed by atoms with van der Waals surface area (Å²) in [5, 5.41) is 5.68. The van der Waals surface area contributed by atoms with Crippen LogP contribution in [0.5, 0.6) is 0 Å². The molecule has 7 nitrogen and oxygen atoms in total. The molecular formula is C16H18N4O3. The fraction of sp³-hybridized carbons (Fsp3) is 0.438. The lowest BCUT2D eigenvalue weighted by Crippen LogP contribution is -2.35. The van der Waals surface area contributed by atoms with Gasteiger partial charge in [0.25, 0.3) is 5.56 Å². The number of nitrogens with one attached hydrogen (secondary N) is 1. The van der Waals surface area contributed by atoms with Gasteiger partial charge in [-0.1, -0.05) is 13.8 Å². The van der Waals surface area contributed by atoms with Gasteiger partial charge in [0.15, 0.2) is 11.8 Å². The van der Waals surface area contributed by atoms with E-state index in [2.05, 4.69) is 23.9 Å². The molecule has 1 fully saturated rings. The van der Waals surface area contributed by atoms with Gasteiger partial charge in [-0.3, -0.25) is 19.4 Å². The van der Waals surface area contributed by atoms with Crippen molar-refractivity contribution in [1.82, 2.24) is 14.6 Å². The summed E-state index contributed by atoms with van der Waals surface area (Å²) in [4.78, 5) is 36.7. The normalized spacial score (nSPS) is 23.5. The third-order valence-electron chi connectivity index (χ3n) is 4.40. The molecule has 1 aromatic rings. The number of H-pyrrole nitrogens is 1. The molecule has 0 spiro atoms. The molecule has 0 aromatic carbocycles. The smallest absolute Gasteiger partial charge is 0.274 e. The van der Waals surface area contributed by atoms with Gasteiger partial charge < -0.3 is 0 Å². The van der Waals surface area contributed by atoms with Crippen LogP contribution < -0.4 is 11.2 Å². The van der Waals surface area contributed by atoms with E-state index in [9.17, 15) is 14.4 Å². The summed E-state index contributed by atoms with van der Waals surface area (Å²) >= 11 is 0. The number of hydrazone groups is 1. The highest BCUT2D eigenvalue weighted by Gasteiger charge is 2.44. The zero-order valence-corrected chi connectivity index (χ0v) is 13.2. The summed E-state index contributed by atoms with van der Waals surface area (Å²) in [6, 6.07) is 1.26. The predicted octanol–water partition coefficient (Wildman–Crippen LogP) is 0.578. The molecule has 0 amide bonds. The van der Waals surface area contributed by atoms with Crippen molar-refractivity contribution >= 4 is 11.8 Å². The van der Waals surface area contributed by atoms with Crippen LogP contribution in [0.15, 0.2) is 44.3 Å². The standard InChI is InChI=1S/C16H18N4O3/c1-9(2)10-6-11(10)12-7-14(18-19(3)13(12)8-21)20-5-4-15(22)17-16(20)23/h4-5,7,9-11H,6H2,1-3H3,(H,17,22,23)/t10-,11+/m1/s1. The lowest BCUT2D eigenvalue weighted by Gasteiger charge is -2.23. The number of hydrogen-bond acceptors (Lipinski definition) is 5. The molecule has 2 heterocycles. The Morgan fingerprint density at radius 1 is 1.39 bits per heavy atom. The zero-order chi connectivity index (χ0) is 16.7. The van der Waals surface area contributed by atoms with E-state index >= 15 is 0 Å². The Morgan fingerprint density at radius 2 is 2.13 bits per heavy atom. The summed E-state index contributed by atoms with van der Waals surface area (Å²) in [5.74, 6) is 3.64. The summed E-state index contributed by atoms with van der Waals surface area (Å²) in [6.45, 7) is 4.31. The molecule has 0 bridgehead atoms. The van der Waals surface area contributed by atoms with Crippen molar-refractivity contribution < 1.29 is 4.79 Å². The number of rotatable bonds is 2. The van der Waals surface area contributed by atoms with Crippen LogP contribution in [0.3, 0.4) is 0 Å². The molecule has 3 rings (SSSR count). The van der Waals surface area contributed by atoms with E-state index in [1.807, 2.05) is 5.94 Å². The quantitative estimate of drug-likeness (QED) is 0.809. The molecule has 7 heteroatoms. The van der Waals surface area contributed by atoms with E-state index < -0.39 is 11.2 Å². The summed E-state index contributed by atoms with van der Waals surface area (Å²) in [6.07, 6.45) is 4.13. The highest BCUT2D eigenvalue weighted by molar-refractivity contribution is 5.97. The second kappa shape index (κ2) is 5.52. The molecule has 0 saturated heterocycles. The van der Waals surface area contributed by atoms with Gasteiger partial charge in [0, 0.05) is 19.3 Å². The van der Waals surface area contributed by atoms with Gasteiger partial charge in [0.2, 0.25) is 0 Å². The summed E-state index contributed by atoms with van der Waals surface area (Å²) in [7, 11) is 1.65. The first-order chi connectivity index (χ1) is 10.9. The second-order valence-corrected chi connectivity index (χ2v) is 6.26. The van der Waals surface area contributed by atoms with Crippen molar-refractivity contribution in [2.75, 3.05) is 7.05 Å². The molecule has 2 atom stereocenters. The van der Waals surface area contributed by atoms with Crippen LogP contribution >= 0.6 is 0 Å². The maximum atomic E-state index is 12.0. The number of carbonyl (C=O) groups excluding carboxylic acids is 1. The van der Waals surface area contributed by atoms with Gasteiger partial charge in [-0.2, -0.15) is 5.10 Å². The number of nitrogens with zero attached hydrogens (tertiary/aromatic N) is 3. The molecule has 1 N–H and O–H groups in total. The van der Waals surface area contributed by atoms with E-state index in [1.54, 1.807) is 13.1 Å². The SMILES string of the molecule is CC(C)[C@H]1C[C@@H]1C1=CC(n2ccc(=O)[nH]c2=O)=NN(C)C1=C=O. The molecule has 1 saturated carbocycles. The van der Waals surface area contributed by atoms with Crippen LogP contribution in [0.1, 0.15) is 20.3 Å². The largest absolute Gasteiger partial charge is 0.334 e. The van der Waals surface area contributed by atoms with Crippen molar-refractivity contribution in [3.8, 4) is 0 Å². The molecule has 0 unspecified atom stereocenters. The molecule has 1 aromatic heterocycles. The van der Waals surface area contributed by atoms with E-state index in [0.29, 0.717) is 23.4 Å². The Hall–Kier alpha value is -2.66. The van der Waals surface area contributed by atoms with Gasteiger partial charge in [-0.25, -0.2) is 9.59 Å². The van der Waals surface area contributed by atoms with Crippen molar-refractivity contribution in [2.24, 2.45) is 22.9 Å². The maximum Gasteiger partial charge on any atom is 0.334 e. The van der Waals surface area contributed by atoms with Crippen LogP contribution in [-0.2, 0) is 4.79 Å². The van der Waals surface area contributed by atoms with Crippen LogP contribution in [0, 0.1) is 17.8 Å². The fourth-order valence-electron chi connectivity index (χ4n) is 3.06. The van der Waals surface area contributed by atoms with E-state index in [1.165, 1.54) is 21.8 Å². The minimum atomic E-state index is -0.560. The highest BCUT2D eigenvalue weighted by atomic mass is 16.2. The first kappa shape index (κ1) is 15.2. The third-order valence-corrected chi connectivity index (χ3v) is 4.40. The van der Waals surface area contributed by atoms with Crippen molar-refractivity contribution in [2.45, 2.75) is 20.3 Å². The van der Waals surface area contributed by atoms with Crippen LogP contribution in [0.2, 0.25) is 0 Å². The Bertz CT molecular complexity index is 868. The van der Waals surface area contributed by atoms with E-state index in [4.69, 9.17) is 0 Å². The Labute approximate surface area is 132 Å². The van der Waals surface area contributed by atoms with Gasteiger partial charge >= 0.3 is 5.69 Å². The first-order valence-electron chi connectivity index (χ1n) is 7.54. The average Bonchev–Trinajstić information content (AvgIpc) is 3.27. The number of allylic oxidation sites excluding steroid dienone is 2. The molecular weight excluding hydrogens is 296 g/mol. The molecule has 120 valence electrons. The summed E-state index contributed by atoms with van der Waals surface area (Å²) in [5.41, 5.74) is 0.231. The number of likely N-dealkylation sites (N-methyl/N-ethyl adjacent to an activating group) is 1. The van der Waals surface area contributed by atoms with Crippen molar-refractivity contribution in [3.63, 3.8) is 0 Å². The van der Waals surface area contributed by atoms with Crippen LogP contribution in [-0.4, -0.2) is 33.4 Å². The van der Waals surface area contributed by atoms with Gasteiger partial charge in [0.1, 0.15) is 5.70 Å². The second-order valence-electron chi connectivity index (χ2n) is 6.26. The zero-order valence-electron chi connectivity index (χ0n) is 13.2.